The van der Waals surface area contributed by atoms with Gasteiger partial charge >= 0.3 is 0 Å². The Hall–Kier alpha value is 0.127. The van der Waals surface area contributed by atoms with Crippen LogP contribution in [0.4, 0.5) is 0 Å². The molecule has 0 bridgehead atoms. The zero-order valence-corrected chi connectivity index (χ0v) is 14.0. The fraction of sp³-hybridized carbons (Fsp3) is 1.00. The van der Waals surface area contributed by atoms with Gasteiger partial charge in [-0.1, -0.05) is 52.9 Å². The van der Waals surface area contributed by atoms with Gasteiger partial charge in [-0.15, -0.1) is 0 Å². The maximum Gasteiger partial charge on any atom is 0.256 e. The Morgan fingerprint density at radius 1 is 1.06 bits per heavy atom. The monoisotopic (exact) mass is 280 g/mol. The first-order valence-corrected chi connectivity index (χ1v) is 9.56. The molecule has 0 rings (SSSR count). The second-order valence-electron chi connectivity index (χ2n) is 5.44. The molecule has 3 nitrogen and oxygen atoms in total. The molecular formula is C12H28O3SSi. The number of hydrogen-bond donors (Lipinski definition) is 0. The van der Waals surface area contributed by atoms with Gasteiger partial charge in [0, 0.05) is 0 Å². The Balaban J connectivity index is 3.80. The molecule has 17 heavy (non-hydrogen) atoms. The van der Waals surface area contributed by atoms with Crippen molar-refractivity contribution in [3.8, 4) is 0 Å². The fourth-order valence-corrected chi connectivity index (χ4v) is 4.67. The normalized spacial score (nSPS) is 13.6. The van der Waals surface area contributed by atoms with Crippen molar-refractivity contribution in [2.24, 2.45) is 0 Å². The molecule has 104 valence electrons. The molecule has 0 unspecified atom stereocenters. The molecule has 0 atom stereocenters. The van der Waals surface area contributed by atoms with Gasteiger partial charge in [0.2, 0.25) is 0 Å². The largest absolute Gasteiger partial charge is 0.322 e. The highest BCUT2D eigenvalue weighted by molar-refractivity contribution is 7.87. The smallest absolute Gasteiger partial charge is 0.256 e. The Morgan fingerprint density at radius 2 is 1.65 bits per heavy atom. The van der Waals surface area contributed by atoms with Gasteiger partial charge in [0.15, 0.2) is 9.76 Å². The molecule has 0 fully saturated rings. The van der Waals surface area contributed by atoms with Crippen LogP contribution in [0, 0.1) is 0 Å². The highest BCUT2D eigenvalue weighted by Crippen LogP contribution is 2.31. The molecule has 0 aromatic heterocycles. The first kappa shape index (κ1) is 17.1. The summed E-state index contributed by atoms with van der Waals surface area (Å²) < 4.78 is 27.7. The molecular weight excluding hydrogens is 252 g/mol. The molecule has 0 radical (unpaired) electrons. The molecule has 0 saturated heterocycles. The minimum Gasteiger partial charge on any atom is -0.322 e. The molecule has 0 saturated carbocycles. The van der Waals surface area contributed by atoms with Crippen LogP contribution in [0.2, 0.25) is 5.04 Å². The molecule has 0 aliphatic heterocycles. The standard InChI is InChI=1S/C12H28O3SSi/c1-5-7-8-9-10-11-12(3,4)17-15-16(13,14)6-2/h5-11,17H2,1-4H3. The van der Waals surface area contributed by atoms with Gasteiger partial charge < -0.3 is 3.87 Å². The van der Waals surface area contributed by atoms with Gasteiger partial charge in [-0.2, -0.15) is 0 Å². The first-order valence-electron chi connectivity index (χ1n) is 6.70. The van der Waals surface area contributed by atoms with Crippen LogP contribution in [-0.4, -0.2) is 23.9 Å². The van der Waals surface area contributed by atoms with E-state index in [0.29, 0.717) is 0 Å². The minimum atomic E-state index is -3.23. The van der Waals surface area contributed by atoms with Gasteiger partial charge in [0.25, 0.3) is 10.1 Å². The zero-order chi connectivity index (χ0) is 13.4. The number of rotatable bonds is 10. The summed E-state index contributed by atoms with van der Waals surface area (Å²) in [6.07, 6.45) is 7.39. The van der Waals surface area contributed by atoms with Gasteiger partial charge in [0.05, 0.1) is 5.75 Å². The van der Waals surface area contributed by atoms with Crippen molar-refractivity contribution in [1.29, 1.82) is 0 Å². The van der Waals surface area contributed by atoms with Crippen LogP contribution < -0.4 is 0 Å². The van der Waals surface area contributed by atoms with Gasteiger partial charge in [-0.05, 0) is 18.4 Å². The van der Waals surface area contributed by atoms with Crippen molar-refractivity contribution in [2.75, 3.05) is 5.75 Å². The van der Waals surface area contributed by atoms with Crippen molar-refractivity contribution < 1.29 is 12.3 Å². The van der Waals surface area contributed by atoms with Crippen LogP contribution >= 0.6 is 0 Å². The lowest BCUT2D eigenvalue weighted by Gasteiger charge is -2.23. The minimum absolute atomic E-state index is 0.0899. The van der Waals surface area contributed by atoms with Crippen LogP contribution in [0.3, 0.4) is 0 Å². The SMILES string of the molecule is CCCCCCCC(C)(C)[SiH2]OS(=O)(=O)CC. The molecule has 0 aliphatic rings. The molecule has 0 spiro atoms. The maximum absolute atomic E-state index is 11.3. The highest BCUT2D eigenvalue weighted by Gasteiger charge is 2.22. The molecule has 0 aliphatic carbocycles. The van der Waals surface area contributed by atoms with Crippen molar-refractivity contribution in [1.82, 2.24) is 0 Å². The van der Waals surface area contributed by atoms with Crippen LogP contribution in [-0.2, 0) is 14.0 Å². The molecule has 0 amide bonds. The van der Waals surface area contributed by atoms with E-state index in [-0.39, 0.29) is 10.8 Å². The van der Waals surface area contributed by atoms with Gasteiger partial charge in [-0.25, -0.2) is 8.42 Å². The zero-order valence-electron chi connectivity index (χ0n) is 11.8. The summed E-state index contributed by atoms with van der Waals surface area (Å²) in [5.41, 5.74) is 0. The van der Waals surface area contributed by atoms with E-state index < -0.39 is 19.9 Å². The third-order valence-electron chi connectivity index (χ3n) is 2.94. The Morgan fingerprint density at radius 3 is 2.18 bits per heavy atom. The lowest BCUT2D eigenvalue weighted by molar-refractivity contribution is 0.459. The van der Waals surface area contributed by atoms with Gasteiger partial charge in [-0.3, -0.25) is 0 Å². The summed E-state index contributed by atoms with van der Waals surface area (Å²) in [4.78, 5) is 0. The number of hydrogen-bond acceptors (Lipinski definition) is 3. The van der Waals surface area contributed by atoms with Crippen molar-refractivity contribution in [3.05, 3.63) is 0 Å². The average Bonchev–Trinajstić information content (AvgIpc) is 2.27. The lowest BCUT2D eigenvalue weighted by atomic mass is 10.0. The summed E-state index contributed by atoms with van der Waals surface area (Å²) in [7, 11) is -4.23. The number of unbranched alkanes of at least 4 members (excludes halogenated alkanes) is 4. The van der Waals surface area contributed by atoms with E-state index >= 15 is 0 Å². The van der Waals surface area contributed by atoms with Crippen molar-refractivity contribution in [2.45, 2.75) is 71.3 Å². The molecule has 0 heterocycles. The summed E-state index contributed by atoms with van der Waals surface area (Å²) in [6.45, 7) is 8.09. The highest BCUT2D eigenvalue weighted by atomic mass is 32.2. The summed E-state index contributed by atoms with van der Waals surface area (Å²) in [6, 6.07) is 0. The van der Waals surface area contributed by atoms with Crippen LogP contribution in [0.25, 0.3) is 0 Å². The Kier molecular flexibility index (Phi) is 8.33. The Labute approximate surface area is 109 Å². The molecule has 0 N–H and O–H groups in total. The van der Waals surface area contributed by atoms with Gasteiger partial charge in [0.1, 0.15) is 0 Å². The predicted octanol–water partition coefficient (Wildman–Crippen LogP) is 3.00. The predicted molar refractivity (Wildman–Crippen MR) is 76.5 cm³/mol. The topological polar surface area (TPSA) is 43.4 Å². The van der Waals surface area contributed by atoms with Crippen LogP contribution in [0.1, 0.15) is 66.2 Å². The average molecular weight is 281 g/mol. The van der Waals surface area contributed by atoms with E-state index in [4.69, 9.17) is 3.87 Å². The Bertz CT molecular complexity index is 286. The van der Waals surface area contributed by atoms with E-state index in [0.717, 1.165) is 6.42 Å². The van der Waals surface area contributed by atoms with Crippen molar-refractivity contribution in [3.63, 3.8) is 0 Å². The van der Waals surface area contributed by atoms with E-state index in [2.05, 4.69) is 20.8 Å². The second kappa shape index (κ2) is 8.27. The summed E-state index contributed by atoms with van der Waals surface area (Å²) >= 11 is 0. The summed E-state index contributed by atoms with van der Waals surface area (Å²) in [5.74, 6) is 0.0899. The maximum atomic E-state index is 11.3. The molecule has 0 aromatic rings. The first-order chi connectivity index (χ1) is 7.83. The quantitative estimate of drug-likeness (QED) is 0.456. The van der Waals surface area contributed by atoms with E-state index in [1.54, 1.807) is 6.92 Å². The van der Waals surface area contributed by atoms with E-state index in [9.17, 15) is 8.42 Å². The van der Waals surface area contributed by atoms with Crippen LogP contribution in [0.5, 0.6) is 0 Å². The third kappa shape index (κ3) is 9.79. The third-order valence-corrected chi connectivity index (χ3v) is 6.69. The molecule has 0 aromatic carbocycles. The van der Waals surface area contributed by atoms with Crippen LogP contribution in [0.15, 0.2) is 0 Å². The second-order valence-corrected chi connectivity index (χ2v) is 10.3. The van der Waals surface area contributed by atoms with E-state index in [1.807, 2.05) is 0 Å². The fourth-order valence-electron chi connectivity index (χ4n) is 1.61. The lowest BCUT2D eigenvalue weighted by Crippen LogP contribution is -2.21. The molecule has 5 heteroatoms. The summed E-state index contributed by atoms with van der Waals surface area (Å²) in [5, 5.41) is 0.0917. The van der Waals surface area contributed by atoms with Crippen molar-refractivity contribution >= 4 is 19.9 Å². The van der Waals surface area contributed by atoms with E-state index in [1.165, 1.54) is 32.1 Å².